The second-order valence-corrected chi connectivity index (χ2v) is 5.41. The Hall–Kier alpha value is -3.23. The number of amides is 1. The summed E-state index contributed by atoms with van der Waals surface area (Å²) < 4.78 is 38.0. The molecule has 0 bridgehead atoms. The molecule has 9 heteroatoms. The molecule has 1 amide bonds. The summed E-state index contributed by atoms with van der Waals surface area (Å²) in [6.07, 6.45) is -3.21. The third kappa shape index (κ3) is 4.24. The molecule has 1 aromatic carbocycles. The normalized spacial score (nSPS) is 11.3. The van der Waals surface area contributed by atoms with Crippen LogP contribution in [0.5, 0.6) is 0 Å². The maximum absolute atomic E-state index is 12.7. The maximum atomic E-state index is 12.7. The first-order valence-electron chi connectivity index (χ1n) is 7.71. The van der Waals surface area contributed by atoms with E-state index in [1.807, 2.05) is 30.3 Å². The molecule has 0 aliphatic carbocycles. The van der Waals surface area contributed by atoms with E-state index in [0.717, 1.165) is 23.9 Å². The SMILES string of the molecule is O=C(NCCc1nc(-c2ccccc2)n[nH]1)c1cc(C(F)(F)F)ccn1. The molecular formula is C17H14F3N5O. The molecule has 26 heavy (non-hydrogen) atoms. The second kappa shape index (κ2) is 7.34. The van der Waals surface area contributed by atoms with Crippen LogP contribution in [-0.2, 0) is 12.6 Å². The second-order valence-electron chi connectivity index (χ2n) is 5.41. The average molecular weight is 361 g/mol. The fraction of sp³-hybridized carbons (Fsp3) is 0.176. The molecule has 0 aliphatic rings. The van der Waals surface area contributed by atoms with Gasteiger partial charge in [-0.2, -0.15) is 18.3 Å². The number of aromatic nitrogens is 4. The van der Waals surface area contributed by atoms with E-state index in [1.54, 1.807) is 0 Å². The summed E-state index contributed by atoms with van der Waals surface area (Å²) in [7, 11) is 0. The molecule has 0 spiro atoms. The number of nitrogens with one attached hydrogen (secondary N) is 2. The number of hydrogen-bond acceptors (Lipinski definition) is 4. The molecule has 0 fully saturated rings. The maximum Gasteiger partial charge on any atom is 0.416 e. The van der Waals surface area contributed by atoms with Crippen LogP contribution < -0.4 is 5.32 Å². The van der Waals surface area contributed by atoms with Gasteiger partial charge in [0.25, 0.3) is 5.91 Å². The predicted octanol–water partition coefficient (Wildman–Crippen LogP) is 2.86. The zero-order valence-corrected chi connectivity index (χ0v) is 13.4. The molecular weight excluding hydrogens is 347 g/mol. The van der Waals surface area contributed by atoms with E-state index in [2.05, 4.69) is 25.5 Å². The van der Waals surface area contributed by atoms with Crippen LogP contribution in [0.4, 0.5) is 13.2 Å². The van der Waals surface area contributed by atoms with Crippen molar-refractivity contribution in [3.05, 3.63) is 65.7 Å². The van der Waals surface area contributed by atoms with E-state index >= 15 is 0 Å². The number of halogens is 3. The van der Waals surface area contributed by atoms with Gasteiger partial charge in [-0.3, -0.25) is 14.9 Å². The van der Waals surface area contributed by atoms with Crippen LogP contribution >= 0.6 is 0 Å². The Kier molecular flexibility index (Phi) is 4.97. The number of rotatable bonds is 5. The molecule has 0 aliphatic heterocycles. The van der Waals surface area contributed by atoms with Gasteiger partial charge >= 0.3 is 6.18 Å². The first kappa shape index (κ1) is 17.6. The van der Waals surface area contributed by atoms with Gasteiger partial charge in [0.05, 0.1) is 5.56 Å². The summed E-state index contributed by atoms with van der Waals surface area (Å²) in [6, 6.07) is 10.9. The van der Waals surface area contributed by atoms with Gasteiger partial charge in [0.15, 0.2) is 5.82 Å². The fourth-order valence-electron chi connectivity index (χ4n) is 2.24. The van der Waals surface area contributed by atoms with Crippen LogP contribution in [-0.4, -0.2) is 32.6 Å². The molecule has 2 aromatic heterocycles. The predicted molar refractivity (Wildman–Crippen MR) is 87.1 cm³/mol. The summed E-state index contributed by atoms with van der Waals surface area (Å²) in [6.45, 7) is 0.181. The largest absolute Gasteiger partial charge is 0.416 e. The van der Waals surface area contributed by atoms with E-state index in [0.29, 0.717) is 18.1 Å². The van der Waals surface area contributed by atoms with Crippen molar-refractivity contribution in [1.29, 1.82) is 0 Å². The first-order chi connectivity index (χ1) is 12.4. The quantitative estimate of drug-likeness (QED) is 0.732. The van der Waals surface area contributed by atoms with Gasteiger partial charge in [-0.1, -0.05) is 30.3 Å². The van der Waals surface area contributed by atoms with Crippen molar-refractivity contribution in [2.75, 3.05) is 6.54 Å². The summed E-state index contributed by atoms with van der Waals surface area (Å²) in [4.78, 5) is 19.9. The molecule has 0 saturated heterocycles. The number of nitrogens with zero attached hydrogens (tertiary/aromatic N) is 3. The Labute approximate surface area is 146 Å². The molecule has 134 valence electrons. The molecule has 3 rings (SSSR count). The number of benzene rings is 1. The van der Waals surface area contributed by atoms with Crippen molar-refractivity contribution in [1.82, 2.24) is 25.5 Å². The number of H-pyrrole nitrogens is 1. The van der Waals surface area contributed by atoms with Crippen LogP contribution in [0.1, 0.15) is 21.9 Å². The van der Waals surface area contributed by atoms with Gasteiger partial charge in [-0.05, 0) is 12.1 Å². The zero-order valence-electron chi connectivity index (χ0n) is 13.4. The number of carbonyl (C=O) groups excluding carboxylic acids is 1. The average Bonchev–Trinajstić information content (AvgIpc) is 3.11. The van der Waals surface area contributed by atoms with Crippen LogP contribution in [0, 0.1) is 0 Å². The van der Waals surface area contributed by atoms with Gasteiger partial charge < -0.3 is 5.32 Å². The minimum absolute atomic E-state index is 0.181. The van der Waals surface area contributed by atoms with Gasteiger partial charge in [0.1, 0.15) is 11.5 Å². The van der Waals surface area contributed by atoms with E-state index in [4.69, 9.17) is 0 Å². The molecule has 2 N–H and O–H groups in total. The Bertz CT molecular complexity index is 893. The van der Waals surface area contributed by atoms with Gasteiger partial charge in [0, 0.05) is 24.7 Å². The highest BCUT2D eigenvalue weighted by Crippen LogP contribution is 2.28. The Morgan fingerprint density at radius 1 is 1.15 bits per heavy atom. The third-order valence-corrected chi connectivity index (χ3v) is 3.53. The van der Waals surface area contributed by atoms with Crippen LogP contribution in [0.2, 0.25) is 0 Å². The summed E-state index contributed by atoms with van der Waals surface area (Å²) in [5.41, 5.74) is -0.352. The third-order valence-electron chi connectivity index (χ3n) is 3.53. The number of hydrogen-bond donors (Lipinski definition) is 2. The van der Waals surface area contributed by atoms with Crippen molar-refractivity contribution in [2.24, 2.45) is 0 Å². The van der Waals surface area contributed by atoms with E-state index in [9.17, 15) is 18.0 Å². The van der Waals surface area contributed by atoms with Crippen molar-refractivity contribution < 1.29 is 18.0 Å². The summed E-state index contributed by atoms with van der Waals surface area (Å²) in [5.74, 6) is 0.409. The monoisotopic (exact) mass is 361 g/mol. The first-order valence-corrected chi connectivity index (χ1v) is 7.71. The summed E-state index contributed by atoms with van der Waals surface area (Å²) in [5, 5.41) is 9.38. The fourth-order valence-corrected chi connectivity index (χ4v) is 2.24. The molecule has 3 aromatic rings. The molecule has 0 radical (unpaired) electrons. The highest BCUT2D eigenvalue weighted by atomic mass is 19.4. The van der Waals surface area contributed by atoms with E-state index in [-0.39, 0.29) is 12.2 Å². The van der Waals surface area contributed by atoms with Crippen molar-refractivity contribution in [3.63, 3.8) is 0 Å². The highest BCUT2D eigenvalue weighted by Gasteiger charge is 2.31. The topological polar surface area (TPSA) is 83.6 Å². The molecule has 0 atom stereocenters. The lowest BCUT2D eigenvalue weighted by Gasteiger charge is -2.08. The minimum Gasteiger partial charge on any atom is -0.350 e. The van der Waals surface area contributed by atoms with Crippen molar-refractivity contribution in [3.8, 4) is 11.4 Å². The van der Waals surface area contributed by atoms with Gasteiger partial charge in [-0.25, -0.2) is 4.98 Å². The van der Waals surface area contributed by atoms with E-state index in [1.165, 1.54) is 0 Å². The molecule has 6 nitrogen and oxygen atoms in total. The van der Waals surface area contributed by atoms with Crippen LogP contribution in [0.15, 0.2) is 48.7 Å². The zero-order chi connectivity index (χ0) is 18.6. The molecule has 0 saturated carbocycles. The number of pyridine rings is 1. The number of alkyl halides is 3. The summed E-state index contributed by atoms with van der Waals surface area (Å²) >= 11 is 0. The van der Waals surface area contributed by atoms with Crippen molar-refractivity contribution >= 4 is 5.91 Å². The van der Waals surface area contributed by atoms with Crippen molar-refractivity contribution in [2.45, 2.75) is 12.6 Å². The Morgan fingerprint density at radius 2 is 1.92 bits per heavy atom. The Balaban J connectivity index is 1.57. The van der Waals surface area contributed by atoms with Crippen LogP contribution in [0.25, 0.3) is 11.4 Å². The lowest BCUT2D eigenvalue weighted by Crippen LogP contribution is -2.27. The smallest absolute Gasteiger partial charge is 0.350 e. The lowest BCUT2D eigenvalue weighted by molar-refractivity contribution is -0.137. The number of aromatic amines is 1. The molecule has 2 heterocycles. The number of carbonyl (C=O) groups is 1. The highest BCUT2D eigenvalue weighted by molar-refractivity contribution is 5.92. The van der Waals surface area contributed by atoms with Gasteiger partial charge in [0.2, 0.25) is 0 Å². The standard InChI is InChI=1S/C17H14F3N5O/c18-17(19,20)12-6-8-21-13(10-12)16(26)22-9-7-14-23-15(25-24-14)11-4-2-1-3-5-11/h1-6,8,10H,7,9H2,(H,22,26)(H,23,24,25). The van der Waals surface area contributed by atoms with Crippen LogP contribution in [0.3, 0.4) is 0 Å². The van der Waals surface area contributed by atoms with E-state index < -0.39 is 17.6 Å². The van der Waals surface area contributed by atoms with Gasteiger partial charge in [-0.15, -0.1) is 0 Å². The minimum atomic E-state index is -4.52. The lowest BCUT2D eigenvalue weighted by atomic mass is 10.2. The molecule has 0 unspecified atom stereocenters. The Morgan fingerprint density at radius 3 is 2.65 bits per heavy atom.